The highest BCUT2D eigenvalue weighted by Gasteiger charge is 2.24. The van der Waals surface area contributed by atoms with Gasteiger partial charge in [-0.25, -0.2) is 4.98 Å². The lowest BCUT2D eigenvalue weighted by molar-refractivity contribution is 0.102. The van der Waals surface area contributed by atoms with E-state index in [0.29, 0.717) is 32.6 Å². The first-order valence-electron chi connectivity index (χ1n) is 10.2. The second-order valence-corrected chi connectivity index (χ2v) is 9.95. The van der Waals surface area contributed by atoms with Crippen molar-refractivity contribution in [3.05, 3.63) is 79.9 Å². The third kappa shape index (κ3) is 3.85. The number of fused-ring (bicyclic) bond motifs is 3. The van der Waals surface area contributed by atoms with E-state index in [1.807, 2.05) is 0 Å². The van der Waals surface area contributed by atoms with Gasteiger partial charge in [0.15, 0.2) is 10.9 Å². The highest BCUT2D eigenvalue weighted by atomic mass is 35.5. The molecule has 0 bridgehead atoms. The Bertz CT molecular complexity index is 1380. The fourth-order valence-electron chi connectivity index (χ4n) is 3.93. The minimum absolute atomic E-state index is 0.0386. The van der Waals surface area contributed by atoms with E-state index in [2.05, 4.69) is 0 Å². The molecule has 5 rings (SSSR count). The highest BCUT2D eigenvalue weighted by molar-refractivity contribution is 7.99. The Morgan fingerprint density at radius 2 is 1.91 bits per heavy atom. The number of nitrogens with zero attached hydrogens (tertiary/aromatic N) is 2. The van der Waals surface area contributed by atoms with E-state index < -0.39 is 0 Å². The van der Waals surface area contributed by atoms with Crippen LogP contribution >= 0.6 is 34.7 Å². The Labute approximate surface area is 198 Å². The van der Waals surface area contributed by atoms with Crippen LogP contribution in [0.4, 0.5) is 0 Å². The van der Waals surface area contributed by atoms with Crippen LogP contribution in [0.5, 0.6) is 5.75 Å². The third-order valence-electron chi connectivity index (χ3n) is 5.54. The monoisotopic (exact) mass is 482 g/mol. The Morgan fingerprint density at radius 1 is 1.16 bits per heavy atom. The summed E-state index contributed by atoms with van der Waals surface area (Å²) in [6, 6.07) is 14.1. The number of halogens is 1. The molecule has 32 heavy (non-hydrogen) atoms. The zero-order valence-electron chi connectivity index (χ0n) is 17.3. The Balaban J connectivity index is 1.55. The van der Waals surface area contributed by atoms with Crippen LogP contribution in [-0.4, -0.2) is 28.2 Å². The molecule has 0 atom stereocenters. The van der Waals surface area contributed by atoms with Crippen LogP contribution in [0.1, 0.15) is 27.2 Å². The zero-order valence-corrected chi connectivity index (χ0v) is 19.6. The van der Waals surface area contributed by atoms with Gasteiger partial charge in [0.05, 0.1) is 23.9 Å². The van der Waals surface area contributed by atoms with Crippen LogP contribution in [0.3, 0.4) is 0 Å². The number of hydrogen-bond acceptors (Lipinski definition) is 6. The standard InChI is InChI=1S/C24H19ClN2O3S2/c1-30-17-11-5-14(6-12-17)19(28)13-31-24-26-22-21(18-3-2-4-20(18)32-22)23(29)27(24)16-9-7-15(25)8-10-16/h5-12H,2-4,13H2,1H3. The van der Waals surface area contributed by atoms with Crippen molar-refractivity contribution in [1.29, 1.82) is 0 Å². The van der Waals surface area contributed by atoms with Crippen molar-refractivity contribution in [2.75, 3.05) is 12.9 Å². The molecular formula is C24H19ClN2O3S2. The number of Topliss-reactive ketones (excluding diaryl/α,β-unsaturated/α-hetero) is 1. The van der Waals surface area contributed by atoms with Crippen LogP contribution in [-0.2, 0) is 12.8 Å². The van der Waals surface area contributed by atoms with Crippen molar-refractivity contribution < 1.29 is 9.53 Å². The van der Waals surface area contributed by atoms with E-state index >= 15 is 0 Å². The van der Waals surface area contributed by atoms with Gasteiger partial charge in [-0.3, -0.25) is 14.2 Å². The second kappa shape index (κ2) is 8.73. The topological polar surface area (TPSA) is 61.2 Å². The summed E-state index contributed by atoms with van der Waals surface area (Å²) in [6.07, 6.45) is 2.98. The molecule has 0 fully saturated rings. The van der Waals surface area contributed by atoms with E-state index in [9.17, 15) is 9.59 Å². The van der Waals surface area contributed by atoms with Crippen LogP contribution in [0.15, 0.2) is 58.5 Å². The number of carbonyl (C=O) groups excluding carboxylic acids is 1. The first-order chi connectivity index (χ1) is 15.5. The van der Waals surface area contributed by atoms with Gasteiger partial charge in [0.1, 0.15) is 10.6 Å². The molecule has 0 spiro atoms. The number of methoxy groups -OCH3 is 1. The molecule has 5 nitrogen and oxygen atoms in total. The lowest BCUT2D eigenvalue weighted by Gasteiger charge is -2.12. The number of ketones is 1. The van der Waals surface area contributed by atoms with Crippen molar-refractivity contribution in [2.24, 2.45) is 0 Å². The molecule has 0 amide bonds. The Kier molecular flexibility index (Phi) is 5.80. The fourth-order valence-corrected chi connectivity index (χ4v) is 6.27. The largest absolute Gasteiger partial charge is 0.497 e. The van der Waals surface area contributed by atoms with E-state index in [0.717, 1.165) is 29.7 Å². The van der Waals surface area contributed by atoms with Crippen molar-refractivity contribution in [2.45, 2.75) is 24.4 Å². The van der Waals surface area contributed by atoms with E-state index in [4.69, 9.17) is 21.3 Å². The minimum Gasteiger partial charge on any atom is -0.497 e. The van der Waals surface area contributed by atoms with Gasteiger partial charge in [-0.2, -0.15) is 0 Å². The van der Waals surface area contributed by atoms with Gasteiger partial charge >= 0.3 is 0 Å². The summed E-state index contributed by atoms with van der Waals surface area (Å²) < 4.78 is 6.77. The molecule has 2 aromatic heterocycles. The van der Waals surface area contributed by atoms with Crippen molar-refractivity contribution in [1.82, 2.24) is 9.55 Å². The predicted octanol–water partition coefficient (Wildman–Crippen LogP) is 5.57. The summed E-state index contributed by atoms with van der Waals surface area (Å²) in [7, 11) is 1.59. The number of ether oxygens (including phenoxy) is 1. The predicted molar refractivity (Wildman–Crippen MR) is 130 cm³/mol. The first-order valence-corrected chi connectivity index (χ1v) is 12.4. The third-order valence-corrected chi connectivity index (χ3v) is 7.91. The summed E-state index contributed by atoms with van der Waals surface area (Å²) in [5.74, 6) is 0.829. The summed E-state index contributed by atoms with van der Waals surface area (Å²) in [5.41, 5.74) is 2.33. The summed E-state index contributed by atoms with van der Waals surface area (Å²) in [5, 5.41) is 1.81. The molecule has 0 saturated heterocycles. The molecule has 0 radical (unpaired) electrons. The molecule has 0 unspecified atom stereocenters. The van der Waals surface area contributed by atoms with Gasteiger partial charge in [0.2, 0.25) is 0 Å². The van der Waals surface area contributed by atoms with Crippen molar-refractivity contribution in [3.8, 4) is 11.4 Å². The molecule has 4 aromatic rings. The number of thiophene rings is 1. The molecule has 0 saturated carbocycles. The normalized spacial score (nSPS) is 12.8. The van der Waals surface area contributed by atoms with Crippen LogP contribution in [0, 0.1) is 0 Å². The number of carbonyl (C=O) groups is 1. The number of hydrogen-bond donors (Lipinski definition) is 0. The van der Waals surface area contributed by atoms with Gasteiger partial charge in [-0.15, -0.1) is 11.3 Å². The lowest BCUT2D eigenvalue weighted by atomic mass is 10.1. The van der Waals surface area contributed by atoms with Gasteiger partial charge < -0.3 is 4.74 Å². The van der Waals surface area contributed by atoms with Crippen molar-refractivity contribution >= 4 is 50.7 Å². The number of aryl methyl sites for hydroxylation is 2. The van der Waals surface area contributed by atoms with E-state index in [-0.39, 0.29) is 17.1 Å². The molecule has 8 heteroatoms. The number of rotatable bonds is 6. The first kappa shape index (κ1) is 21.2. The van der Waals surface area contributed by atoms with Gasteiger partial charge in [0.25, 0.3) is 5.56 Å². The average Bonchev–Trinajstić information content (AvgIpc) is 3.39. The Morgan fingerprint density at radius 3 is 2.62 bits per heavy atom. The second-order valence-electron chi connectivity index (χ2n) is 7.49. The van der Waals surface area contributed by atoms with Gasteiger partial charge in [-0.1, -0.05) is 23.4 Å². The molecule has 2 heterocycles. The maximum absolute atomic E-state index is 13.6. The minimum atomic E-state index is -0.0869. The molecule has 1 aliphatic carbocycles. The summed E-state index contributed by atoms with van der Waals surface area (Å²) in [6.45, 7) is 0. The van der Waals surface area contributed by atoms with Crippen LogP contribution < -0.4 is 10.3 Å². The Hall–Kier alpha value is -2.61. The van der Waals surface area contributed by atoms with Crippen LogP contribution in [0.25, 0.3) is 15.9 Å². The smallest absolute Gasteiger partial charge is 0.267 e. The van der Waals surface area contributed by atoms with Crippen LogP contribution in [0.2, 0.25) is 5.02 Å². The molecule has 2 aromatic carbocycles. The highest BCUT2D eigenvalue weighted by Crippen LogP contribution is 2.36. The lowest BCUT2D eigenvalue weighted by Crippen LogP contribution is -2.22. The SMILES string of the molecule is COc1ccc(C(=O)CSc2nc3sc4c(c3c(=O)n2-c2ccc(Cl)cc2)CCC4)cc1. The van der Waals surface area contributed by atoms with Crippen molar-refractivity contribution in [3.63, 3.8) is 0 Å². The number of thioether (sulfide) groups is 1. The van der Waals surface area contributed by atoms with E-state index in [1.54, 1.807) is 71.5 Å². The molecule has 0 aliphatic heterocycles. The molecule has 162 valence electrons. The number of benzene rings is 2. The number of aromatic nitrogens is 2. The van der Waals surface area contributed by atoms with Gasteiger partial charge in [-0.05, 0) is 73.4 Å². The molecule has 1 aliphatic rings. The average molecular weight is 483 g/mol. The summed E-state index contributed by atoms with van der Waals surface area (Å²) >= 11 is 8.94. The molecule has 0 N–H and O–H groups in total. The van der Waals surface area contributed by atoms with Gasteiger partial charge in [0, 0.05) is 15.5 Å². The fraction of sp³-hybridized carbons (Fsp3) is 0.208. The van der Waals surface area contributed by atoms with E-state index in [1.165, 1.54) is 16.6 Å². The maximum Gasteiger partial charge on any atom is 0.267 e. The molecular weight excluding hydrogens is 464 g/mol. The maximum atomic E-state index is 13.6. The quantitative estimate of drug-likeness (QED) is 0.204. The zero-order chi connectivity index (χ0) is 22.2. The summed E-state index contributed by atoms with van der Waals surface area (Å²) in [4.78, 5) is 33.2.